The highest BCUT2D eigenvalue weighted by Gasteiger charge is 2.07. The molecule has 1 N–H and O–H groups in total. The third kappa shape index (κ3) is 1.44. The van der Waals surface area contributed by atoms with Gasteiger partial charge in [0.25, 0.3) is 0 Å². The molecule has 0 unspecified atom stereocenters. The Morgan fingerprint density at radius 1 is 1.18 bits per heavy atom. The van der Waals surface area contributed by atoms with Crippen LogP contribution in [0, 0.1) is 13.8 Å². The van der Waals surface area contributed by atoms with Crippen LogP contribution in [0.25, 0.3) is 0 Å². The summed E-state index contributed by atoms with van der Waals surface area (Å²) in [6.45, 7) is 3.69. The summed E-state index contributed by atoms with van der Waals surface area (Å²) in [6, 6.07) is 1.45. The number of hydrogen-bond donors (Lipinski definition) is 1. The molecule has 60 valence electrons. The summed E-state index contributed by atoms with van der Waals surface area (Å²) < 4.78 is 0. The van der Waals surface area contributed by atoms with Crippen molar-refractivity contribution in [2.75, 3.05) is 0 Å². The van der Waals surface area contributed by atoms with E-state index < -0.39 is 0 Å². The SMILES string of the molecule is Cc1c(Cl)cc(O)c(Cl)c1C. The van der Waals surface area contributed by atoms with Gasteiger partial charge >= 0.3 is 0 Å². The summed E-state index contributed by atoms with van der Waals surface area (Å²) in [5.41, 5.74) is 1.74. The van der Waals surface area contributed by atoms with Crippen LogP contribution >= 0.6 is 23.2 Å². The molecule has 0 aromatic heterocycles. The molecule has 1 aromatic carbocycles. The molecule has 1 nitrogen and oxygen atoms in total. The van der Waals surface area contributed by atoms with Gasteiger partial charge in [-0.05, 0) is 25.0 Å². The second kappa shape index (κ2) is 2.92. The molecule has 11 heavy (non-hydrogen) atoms. The van der Waals surface area contributed by atoms with E-state index in [-0.39, 0.29) is 5.75 Å². The molecule has 0 spiro atoms. The molecule has 3 heteroatoms. The molecule has 0 atom stereocenters. The van der Waals surface area contributed by atoms with Crippen LogP contribution in [-0.4, -0.2) is 5.11 Å². The first kappa shape index (κ1) is 8.69. The quantitative estimate of drug-likeness (QED) is 0.666. The normalized spacial score (nSPS) is 10.2. The van der Waals surface area contributed by atoms with E-state index in [0.717, 1.165) is 11.1 Å². The molecule has 0 heterocycles. The van der Waals surface area contributed by atoms with Crippen LogP contribution in [0.15, 0.2) is 6.07 Å². The summed E-state index contributed by atoms with van der Waals surface area (Å²) in [6.07, 6.45) is 0. The van der Waals surface area contributed by atoms with Gasteiger partial charge in [-0.1, -0.05) is 23.2 Å². The molecule has 0 radical (unpaired) electrons. The van der Waals surface area contributed by atoms with Gasteiger partial charge < -0.3 is 5.11 Å². The fourth-order valence-electron chi connectivity index (χ4n) is 0.827. The number of phenolic OH excluding ortho intramolecular Hbond substituents is 1. The van der Waals surface area contributed by atoms with Gasteiger partial charge in [0.15, 0.2) is 0 Å². The number of benzene rings is 1. The van der Waals surface area contributed by atoms with E-state index in [0.29, 0.717) is 10.0 Å². The summed E-state index contributed by atoms with van der Waals surface area (Å²) in [5, 5.41) is 10.1. The van der Waals surface area contributed by atoms with E-state index in [1.807, 2.05) is 13.8 Å². The van der Waals surface area contributed by atoms with Crippen molar-refractivity contribution in [1.29, 1.82) is 0 Å². The predicted molar refractivity (Wildman–Crippen MR) is 47.6 cm³/mol. The number of hydrogen-bond acceptors (Lipinski definition) is 1. The summed E-state index contributed by atoms with van der Waals surface area (Å²) in [4.78, 5) is 0. The number of phenols is 1. The van der Waals surface area contributed by atoms with E-state index >= 15 is 0 Å². The van der Waals surface area contributed by atoms with Crippen molar-refractivity contribution < 1.29 is 5.11 Å². The van der Waals surface area contributed by atoms with Gasteiger partial charge in [-0.3, -0.25) is 0 Å². The van der Waals surface area contributed by atoms with Crippen LogP contribution in [-0.2, 0) is 0 Å². The van der Waals surface area contributed by atoms with E-state index in [9.17, 15) is 5.11 Å². The molecule has 0 aliphatic heterocycles. The molecular weight excluding hydrogens is 183 g/mol. The topological polar surface area (TPSA) is 20.2 Å². The second-order valence-corrected chi connectivity index (χ2v) is 3.23. The Morgan fingerprint density at radius 2 is 1.73 bits per heavy atom. The van der Waals surface area contributed by atoms with Crippen molar-refractivity contribution in [3.8, 4) is 5.75 Å². The largest absolute Gasteiger partial charge is 0.506 e. The minimum absolute atomic E-state index is 0.0415. The summed E-state index contributed by atoms with van der Waals surface area (Å²) >= 11 is 11.5. The first-order chi connectivity index (χ1) is 5.04. The molecule has 1 rings (SSSR count). The molecule has 0 aliphatic carbocycles. The first-order valence-corrected chi connectivity index (χ1v) is 3.93. The molecule has 0 fully saturated rings. The van der Waals surface area contributed by atoms with Crippen molar-refractivity contribution in [3.63, 3.8) is 0 Å². The van der Waals surface area contributed by atoms with Gasteiger partial charge in [0.2, 0.25) is 0 Å². The van der Waals surface area contributed by atoms with E-state index in [1.54, 1.807) is 0 Å². The van der Waals surface area contributed by atoms with Crippen LogP contribution in [0.2, 0.25) is 10.0 Å². The van der Waals surface area contributed by atoms with Gasteiger partial charge in [-0.15, -0.1) is 0 Å². The highest BCUT2D eigenvalue weighted by atomic mass is 35.5. The average molecular weight is 191 g/mol. The lowest BCUT2D eigenvalue weighted by Crippen LogP contribution is -1.84. The maximum atomic E-state index is 9.19. The van der Waals surface area contributed by atoms with Crippen LogP contribution < -0.4 is 0 Å². The summed E-state index contributed by atoms with van der Waals surface area (Å²) in [5.74, 6) is 0.0415. The lowest BCUT2D eigenvalue weighted by atomic mass is 10.1. The molecule has 0 saturated carbocycles. The zero-order valence-corrected chi connectivity index (χ0v) is 7.79. The molecule has 0 amide bonds. The zero-order valence-electron chi connectivity index (χ0n) is 6.28. The molecule has 0 bridgehead atoms. The Morgan fingerprint density at radius 3 is 2.27 bits per heavy atom. The Balaban J connectivity index is 3.46. The second-order valence-electron chi connectivity index (χ2n) is 2.44. The Bertz CT molecular complexity index is 268. The highest BCUT2D eigenvalue weighted by molar-refractivity contribution is 6.35. The van der Waals surface area contributed by atoms with E-state index in [1.165, 1.54) is 6.07 Å². The lowest BCUT2D eigenvalue weighted by Gasteiger charge is -2.06. The van der Waals surface area contributed by atoms with Gasteiger partial charge in [0.05, 0.1) is 5.02 Å². The monoisotopic (exact) mass is 190 g/mol. The third-order valence-corrected chi connectivity index (χ3v) is 2.61. The number of rotatable bonds is 0. The molecular formula is C8H8Cl2O. The number of aromatic hydroxyl groups is 1. The molecule has 0 aliphatic rings. The van der Waals surface area contributed by atoms with E-state index in [4.69, 9.17) is 23.2 Å². The minimum atomic E-state index is 0.0415. The fourth-order valence-corrected chi connectivity index (χ4v) is 1.27. The van der Waals surface area contributed by atoms with Gasteiger partial charge in [-0.25, -0.2) is 0 Å². The molecule has 1 aromatic rings. The minimum Gasteiger partial charge on any atom is -0.506 e. The highest BCUT2D eigenvalue weighted by Crippen LogP contribution is 2.33. The van der Waals surface area contributed by atoms with Crippen LogP contribution in [0.5, 0.6) is 5.75 Å². The van der Waals surface area contributed by atoms with Crippen molar-refractivity contribution in [1.82, 2.24) is 0 Å². The van der Waals surface area contributed by atoms with Crippen molar-refractivity contribution in [2.45, 2.75) is 13.8 Å². The van der Waals surface area contributed by atoms with Crippen molar-refractivity contribution in [2.24, 2.45) is 0 Å². The third-order valence-electron chi connectivity index (χ3n) is 1.74. The van der Waals surface area contributed by atoms with Crippen molar-refractivity contribution in [3.05, 3.63) is 27.2 Å². The van der Waals surface area contributed by atoms with Crippen molar-refractivity contribution >= 4 is 23.2 Å². The Labute approximate surface area is 75.6 Å². The average Bonchev–Trinajstić information content (AvgIpc) is 1.97. The van der Waals surface area contributed by atoms with Crippen LogP contribution in [0.3, 0.4) is 0 Å². The molecule has 0 saturated heterocycles. The lowest BCUT2D eigenvalue weighted by molar-refractivity contribution is 0.475. The van der Waals surface area contributed by atoms with E-state index in [2.05, 4.69) is 0 Å². The van der Waals surface area contributed by atoms with Gasteiger partial charge in [0.1, 0.15) is 5.75 Å². The maximum absolute atomic E-state index is 9.19. The maximum Gasteiger partial charge on any atom is 0.135 e. The number of halogens is 2. The van der Waals surface area contributed by atoms with Gasteiger partial charge in [0, 0.05) is 11.1 Å². The zero-order chi connectivity index (χ0) is 8.59. The van der Waals surface area contributed by atoms with Crippen LogP contribution in [0.1, 0.15) is 11.1 Å². The first-order valence-electron chi connectivity index (χ1n) is 3.18. The Kier molecular flexibility index (Phi) is 2.31. The fraction of sp³-hybridized carbons (Fsp3) is 0.250. The standard InChI is InChI=1S/C8H8Cl2O/c1-4-5(2)8(10)7(11)3-6(4)9/h3,11H,1-2H3. The van der Waals surface area contributed by atoms with Crippen LogP contribution in [0.4, 0.5) is 0 Å². The predicted octanol–water partition coefficient (Wildman–Crippen LogP) is 3.32. The Hall–Kier alpha value is -0.400. The van der Waals surface area contributed by atoms with Gasteiger partial charge in [-0.2, -0.15) is 0 Å². The smallest absolute Gasteiger partial charge is 0.135 e. The summed E-state index contributed by atoms with van der Waals surface area (Å²) in [7, 11) is 0.